The van der Waals surface area contributed by atoms with Crippen molar-refractivity contribution in [3.05, 3.63) is 35.2 Å². The Hall–Kier alpha value is -0.779. The van der Waals surface area contributed by atoms with Gasteiger partial charge in [0.1, 0.15) is 0 Å². The van der Waals surface area contributed by atoms with Crippen molar-refractivity contribution in [1.29, 1.82) is 0 Å². The molecule has 0 heterocycles. The Morgan fingerprint density at radius 2 is 1.67 bits per heavy atom. The molecule has 0 saturated carbocycles. The molecule has 0 bridgehead atoms. The lowest BCUT2D eigenvalue weighted by molar-refractivity contribution is -0.137. The number of ether oxygens (including phenoxy) is 1. The zero-order valence-corrected chi connectivity index (χ0v) is 19.8. The lowest BCUT2D eigenvalue weighted by atomic mass is 10.4. The van der Waals surface area contributed by atoms with Crippen LogP contribution in [0.15, 0.2) is 35.2 Å². The summed E-state index contributed by atoms with van der Waals surface area (Å²) in [6.45, 7) is 12.6. The summed E-state index contributed by atoms with van der Waals surface area (Å²) in [6.07, 6.45) is 1.78. The van der Waals surface area contributed by atoms with Crippen molar-refractivity contribution in [2.45, 2.75) is 46.4 Å². The van der Waals surface area contributed by atoms with Gasteiger partial charge in [-0.05, 0) is 40.2 Å². The van der Waals surface area contributed by atoms with E-state index < -0.39 is 29.3 Å². The summed E-state index contributed by atoms with van der Waals surface area (Å²) < 4.78 is 22.4. The number of hydrogen-bond acceptors (Lipinski definition) is 5. The Morgan fingerprint density at radius 1 is 1.08 bits per heavy atom. The van der Waals surface area contributed by atoms with Crippen molar-refractivity contribution in [3.63, 3.8) is 0 Å². The molecule has 0 unspecified atom stereocenters. The normalized spacial score (nSPS) is 13.0. The molecule has 5 nitrogen and oxygen atoms in total. The summed E-state index contributed by atoms with van der Waals surface area (Å²) in [4.78, 5) is 10.9. The van der Waals surface area contributed by atoms with Gasteiger partial charge in [0.15, 0.2) is 35.6 Å². The molecule has 0 fully saturated rings. The molecular weight excluding hydrogens is 356 g/mol. The van der Waals surface area contributed by atoms with Crippen molar-refractivity contribution >= 4 is 35.3 Å². The van der Waals surface area contributed by atoms with Crippen LogP contribution in [0, 0.1) is 0 Å². The summed E-state index contributed by atoms with van der Waals surface area (Å²) in [5, 5.41) is 0. The highest BCUT2D eigenvalue weighted by atomic mass is 28.2. The molecule has 0 aromatic rings. The third-order valence-corrected chi connectivity index (χ3v) is 7.30. The van der Waals surface area contributed by atoms with Crippen LogP contribution in [-0.2, 0) is 22.8 Å². The lowest BCUT2D eigenvalue weighted by Crippen LogP contribution is -2.27. The van der Waals surface area contributed by atoms with E-state index in [4.69, 9.17) is 18.0 Å². The average Bonchev–Trinajstić information content (AvgIpc) is 2.52. The molecule has 0 aliphatic carbocycles. The van der Waals surface area contributed by atoms with E-state index in [-0.39, 0.29) is 12.3 Å². The fourth-order valence-corrected chi connectivity index (χ4v) is 4.34. The number of hydrogen-bond donors (Lipinski definition) is 0. The molecule has 0 amide bonds. The van der Waals surface area contributed by atoms with Gasteiger partial charge in [-0.3, -0.25) is 0 Å². The van der Waals surface area contributed by atoms with Crippen molar-refractivity contribution in [2.75, 3.05) is 13.2 Å². The topological polar surface area (TPSA) is 54.0 Å². The van der Waals surface area contributed by atoms with Gasteiger partial charge >= 0.3 is 5.97 Å². The van der Waals surface area contributed by atoms with E-state index >= 15 is 0 Å². The van der Waals surface area contributed by atoms with Gasteiger partial charge in [0, 0.05) is 6.08 Å². The quantitative estimate of drug-likeness (QED) is 0.146. The Bertz CT molecular complexity index is 394. The minimum atomic E-state index is -0.707. The maximum Gasteiger partial charge on any atom is 0.330 e. The molecule has 0 aromatic heterocycles. The van der Waals surface area contributed by atoms with Crippen molar-refractivity contribution in [2.24, 2.45) is 0 Å². The second-order valence-corrected chi connectivity index (χ2v) is 9.49. The van der Waals surface area contributed by atoms with E-state index in [0.29, 0.717) is 13.2 Å². The van der Waals surface area contributed by atoms with Crippen LogP contribution in [0.4, 0.5) is 0 Å². The minimum Gasteiger partial charge on any atom is -0.463 e. The van der Waals surface area contributed by atoms with Crippen LogP contribution in [0.3, 0.4) is 0 Å². The molecule has 24 heavy (non-hydrogen) atoms. The number of carbonyl (C=O) groups excluding carboxylic acids is 1. The second-order valence-electron chi connectivity index (χ2n) is 5.81. The van der Waals surface area contributed by atoms with Crippen molar-refractivity contribution in [3.8, 4) is 0 Å². The molecule has 0 N–H and O–H groups in total. The molecule has 0 spiro atoms. The van der Waals surface area contributed by atoms with Gasteiger partial charge in [-0.1, -0.05) is 29.1 Å². The SMILES string of the molecule is C=CC(=O)OCCC[SiH2]OCC(O[SiH2]C=C(C)C)O[SiH2]C=C(C)C. The summed E-state index contributed by atoms with van der Waals surface area (Å²) in [7, 11) is -2.05. The Morgan fingerprint density at radius 3 is 2.17 bits per heavy atom. The second kappa shape index (κ2) is 15.7. The summed E-state index contributed by atoms with van der Waals surface area (Å²) >= 11 is 0. The van der Waals surface area contributed by atoms with Crippen molar-refractivity contribution < 1.29 is 22.8 Å². The first-order valence-electron chi connectivity index (χ1n) is 8.32. The Labute approximate surface area is 153 Å². The first kappa shape index (κ1) is 23.2. The van der Waals surface area contributed by atoms with Gasteiger partial charge in [-0.25, -0.2) is 4.79 Å². The van der Waals surface area contributed by atoms with Gasteiger partial charge in [-0.15, -0.1) is 0 Å². The first-order valence-corrected chi connectivity index (χ1v) is 12.7. The maximum atomic E-state index is 10.9. The molecule has 0 saturated heterocycles. The van der Waals surface area contributed by atoms with Gasteiger partial charge in [-0.2, -0.15) is 0 Å². The summed E-state index contributed by atoms with van der Waals surface area (Å²) in [6, 6.07) is 0.966. The highest BCUT2D eigenvalue weighted by molar-refractivity contribution is 6.35. The molecule has 0 aliphatic rings. The molecule has 0 aliphatic heterocycles. The fraction of sp³-hybridized carbons (Fsp3) is 0.562. The van der Waals surface area contributed by atoms with Crippen molar-refractivity contribution in [1.82, 2.24) is 0 Å². The van der Waals surface area contributed by atoms with Gasteiger partial charge < -0.3 is 18.0 Å². The third-order valence-electron chi connectivity index (χ3n) is 2.90. The third kappa shape index (κ3) is 16.1. The molecule has 0 aromatic carbocycles. The Kier molecular flexibility index (Phi) is 15.2. The van der Waals surface area contributed by atoms with Crippen LogP contribution < -0.4 is 0 Å². The van der Waals surface area contributed by atoms with Crippen LogP contribution in [0.5, 0.6) is 0 Å². The first-order chi connectivity index (χ1) is 11.5. The van der Waals surface area contributed by atoms with E-state index in [1.54, 1.807) is 0 Å². The highest BCUT2D eigenvalue weighted by Gasteiger charge is 2.08. The number of allylic oxidation sites excluding steroid dienone is 2. The monoisotopic (exact) mass is 388 g/mol. The standard InChI is InChI=1S/C16H32O5Si3/c1-6-15(17)18-8-7-9-22-19-10-16(20-23-11-13(2)3)21-24-12-14(4)5/h6,11-12,16H,1,7-10,22-24H2,2-5H3. The number of rotatable bonds is 14. The lowest BCUT2D eigenvalue weighted by Gasteiger charge is -2.18. The highest BCUT2D eigenvalue weighted by Crippen LogP contribution is 1.99. The van der Waals surface area contributed by atoms with E-state index in [1.165, 1.54) is 17.2 Å². The smallest absolute Gasteiger partial charge is 0.330 e. The van der Waals surface area contributed by atoms with E-state index in [9.17, 15) is 4.79 Å². The molecule has 8 heteroatoms. The zero-order chi connectivity index (χ0) is 18.2. The average molecular weight is 389 g/mol. The minimum absolute atomic E-state index is 0.236. The largest absolute Gasteiger partial charge is 0.463 e. The van der Waals surface area contributed by atoms with Gasteiger partial charge in [0.2, 0.25) is 0 Å². The Balaban J connectivity index is 3.93. The molecule has 0 radical (unpaired) electrons. The van der Waals surface area contributed by atoms with Crippen LogP contribution in [0.2, 0.25) is 6.04 Å². The molecule has 0 rings (SSSR count). The number of esters is 1. The van der Waals surface area contributed by atoms with Gasteiger partial charge in [0.25, 0.3) is 0 Å². The molecule has 0 atom stereocenters. The zero-order valence-electron chi connectivity index (χ0n) is 15.5. The molecular formula is C16H32O5Si3. The summed E-state index contributed by atoms with van der Waals surface area (Å²) in [5.74, 6) is -0.368. The predicted molar refractivity (Wildman–Crippen MR) is 107 cm³/mol. The van der Waals surface area contributed by atoms with Crippen LogP contribution in [-0.4, -0.2) is 54.8 Å². The number of carbonyl (C=O) groups is 1. The fourth-order valence-electron chi connectivity index (χ4n) is 1.51. The van der Waals surface area contributed by atoms with Crippen LogP contribution in [0.1, 0.15) is 34.1 Å². The molecule has 138 valence electrons. The maximum absolute atomic E-state index is 10.9. The van der Waals surface area contributed by atoms with Crippen LogP contribution >= 0.6 is 0 Å². The van der Waals surface area contributed by atoms with E-state index in [0.717, 1.165) is 12.5 Å². The van der Waals surface area contributed by atoms with Crippen LogP contribution in [0.25, 0.3) is 0 Å². The summed E-state index contributed by atoms with van der Waals surface area (Å²) in [5.41, 5.74) is 6.91. The van der Waals surface area contributed by atoms with Gasteiger partial charge in [0.05, 0.1) is 13.2 Å². The van der Waals surface area contributed by atoms with E-state index in [2.05, 4.69) is 45.7 Å². The predicted octanol–water partition coefficient (Wildman–Crippen LogP) is 0.999. The van der Waals surface area contributed by atoms with E-state index in [1.807, 2.05) is 0 Å².